The van der Waals surface area contributed by atoms with E-state index in [-0.39, 0.29) is 18.1 Å². The molecular weight excluding hydrogens is 287 g/mol. The summed E-state index contributed by atoms with van der Waals surface area (Å²) in [5.41, 5.74) is -0.714. The van der Waals surface area contributed by atoms with Crippen LogP contribution in [0.1, 0.15) is 18.4 Å². The van der Waals surface area contributed by atoms with E-state index in [1.807, 2.05) is 0 Å². The zero-order valence-corrected chi connectivity index (χ0v) is 11.3. The van der Waals surface area contributed by atoms with Gasteiger partial charge in [-0.15, -0.1) is 0 Å². The number of aliphatic carboxylic acids is 1. The quantitative estimate of drug-likeness (QED) is 0.901. The number of halogens is 1. The van der Waals surface area contributed by atoms with E-state index in [4.69, 9.17) is 9.84 Å². The molecule has 1 aliphatic carbocycles. The van der Waals surface area contributed by atoms with E-state index in [0.29, 0.717) is 18.4 Å². The van der Waals surface area contributed by atoms with Crippen LogP contribution in [0.3, 0.4) is 0 Å². The summed E-state index contributed by atoms with van der Waals surface area (Å²) in [7, 11) is -3.74. The first-order chi connectivity index (χ1) is 9.38. The van der Waals surface area contributed by atoms with Crippen LogP contribution >= 0.6 is 0 Å². The summed E-state index contributed by atoms with van der Waals surface area (Å²) >= 11 is 0. The normalized spacial score (nSPS) is 21.2. The summed E-state index contributed by atoms with van der Waals surface area (Å²) in [6.45, 7) is 0.144. The molecule has 7 heteroatoms. The van der Waals surface area contributed by atoms with Crippen molar-refractivity contribution >= 4 is 15.8 Å². The lowest BCUT2D eigenvalue weighted by molar-refractivity contribution is -0.140. The van der Waals surface area contributed by atoms with E-state index in [2.05, 4.69) is 0 Å². The van der Waals surface area contributed by atoms with Crippen molar-refractivity contribution in [2.24, 2.45) is 0 Å². The Kier molecular flexibility index (Phi) is 2.88. The van der Waals surface area contributed by atoms with E-state index >= 15 is 0 Å². The number of carbonyl (C=O) groups is 1. The molecule has 20 heavy (non-hydrogen) atoms. The van der Waals surface area contributed by atoms with Crippen LogP contribution in [0.4, 0.5) is 4.39 Å². The van der Waals surface area contributed by atoms with Crippen molar-refractivity contribution in [2.75, 3.05) is 13.2 Å². The number of rotatable bonds is 4. The predicted octanol–water partition coefficient (Wildman–Crippen LogP) is 1.11. The van der Waals surface area contributed by atoms with Crippen LogP contribution in [0.5, 0.6) is 0 Å². The van der Waals surface area contributed by atoms with Gasteiger partial charge >= 0.3 is 5.97 Å². The van der Waals surface area contributed by atoms with Gasteiger partial charge in [-0.1, -0.05) is 6.07 Å². The molecule has 0 atom stereocenters. The Bertz CT molecular complexity index is 674. The van der Waals surface area contributed by atoms with Crippen LogP contribution in [0, 0.1) is 5.82 Å². The van der Waals surface area contributed by atoms with Gasteiger partial charge in [0.15, 0.2) is 9.84 Å². The maximum absolute atomic E-state index is 14.1. The predicted molar refractivity (Wildman–Crippen MR) is 66.7 cm³/mol. The van der Waals surface area contributed by atoms with Crippen molar-refractivity contribution in [3.05, 3.63) is 29.6 Å². The highest BCUT2D eigenvalue weighted by atomic mass is 32.2. The summed E-state index contributed by atoms with van der Waals surface area (Å²) in [5.74, 6) is -1.89. The highest BCUT2D eigenvalue weighted by Crippen LogP contribution is 2.48. The van der Waals surface area contributed by atoms with Crippen LogP contribution in [0.15, 0.2) is 23.1 Å². The van der Waals surface area contributed by atoms with Crippen molar-refractivity contribution < 1.29 is 27.4 Å². The first-order valence-electron chi connectivity index (χ1n) is 6.23. The molecule has 0 spiro atoms. The second-order valence-corrected chi connectivity index (χ2v) is 7.43. The van der Waals surface area contributed by atoms with E-state index < -0.39 is 32.3 Å². The van der Waals surface area contributed by atoms with Gasteiger partial charge in [0, 0.05) is 0 Å². The summed E-state index contributed by atoms with van der Waals surface area (Å²) in [6, 6.07) is 3.60. The zero-order valence-electron chi connectivity index (χ0n) is 10.5. The summed E-state index contributed by atoms with van der Waals surface area (Å²) in [6.07, 6.45) is 0.897. The lowest BCUT2D eigenvalue weighted by atomic mass is 9.96. The Morgan fingerprint density at radius 3 is 2.40 bits per heavy atom. The van der Waals surface area contributed by atoms with Gasteiger partial charge in [-0.25, -0.2) is 12.8 Å². The fourth-order valence-electron chi connectivity index (χ4n) is 2.35. The summed E-state index contributed by atoms with van der Waals surface area (Å²) < 4.78 is 43.1. The lowest BCUT2D eigenvalue weighted by Crippen LogP contribution is -2.41. The fraction of sp³-hybridized carbons (Fsp3) is 0.462. The summed E-state index contributed by atoms with van der Waals surface area (Å²) in [5, 5.41) is 8.44. The van der Waals surface area contributed by atoms with Gasteiger partial charge in [0.1, 0.15) is 16.0 Å². The molecule has 2 fully saturated rings. The Balaban J connectivity index is 1.98. The van der Waals surface area contributed by atoms with Gasteiger partial charge in [0.05, 0.1) is 18.6 Å². The molecule has 1 N–H and O–H groups in total. The number of carboxylic acids is 1. The van der Waals surface area contributed by atoms with Gasteiger partial charge in [-0.3, -0.25) is 4.79 Å². The van der Waals surface area contributed by atoms with Crippen LogP contribution in [-0.2, 0) is 24.8 Å². The summed E-state index contributed by atoms with van der Waals surface area (Å²) in [4.78, 5) is 10.8. The minimum Gasteiger partial charge on any atom is -0.481 e. The zero-order chi connectivity index (χ0) is 14.5. The maximum Gasteiger partial charge on any atom is 0.314 e. The second-order valence-electron chi connectivity index (χ2n) is 5.24. The van der Waals surface area contributed by atoms with Gasteiger partial charge in [-0.2, -0.15) is 0 Å². The van der Waals surface area contributed by atoms with Gasteiger partial charge in [0.25, 0.3) is 0 Å². The standard InChI is InChI=1S/C13H13FO5S/c14-10-5-8(13(3-4-13)12(15)16)1-2-11(10)20(17,18)9-6-19-7-9/h1-2,5,9H,3-4,6-7H2,(H,15,16). The average molecular weight is 300 g/mol. The molecule has 1 aromatic rings. The molecule has 3 rings (SSSR count). The SMILES string of the molecule is O=C(O)C1(c2ccc(S(=O)(=O)C3COC3)c(F)c2)CC1. The van der Waals surface area contributed by atoms with Gasteiger partial charge in [-0.05, 0) is 30.5 Å². The molecule has 1 saturated carbocycles. The third-order valence-corrected chi connectivity index (χ3v) is 6.09. The molecule has 5 nitrogen and oxygen atoms in total. The molecule has 1 saturated heterocycles. The lowest BCUT2D eigenvalue weighted by Gasteiger charge is -2.26. The first-order valence-corrected chi connectivity index (χ1v) is 7.78. The van der Waals surface area contributed by atoms with Gasteiger partial charge in [0.2, 0.25) is 0 Å². The molecule has 1 heterocycles. The van der Waals surface area contributed by atoms with E-state index in [0.717, 1.165) is 6.07 Å². The Morgan fingerprint density at radius 1 is 1.35 bits per heavy atom. The molecule has 0 bridgehead atoms. The number of benzene rings is 1. The van der Waals surface area contributed by atoms with Crippen LogP contribution < -0.4 is 0 Å². The smallest absolute Gasteiger partial charge is 0.314 e. The van der Waals surface area contributed by atoms with Gasteiger partial charge < -0.3 is 9.84 Å². The number of sulfone groups is 1. The molecular formula is C13H13FO5S. The van der Waals surface area contributed by atoms with E-state index in [1.165, 1.54) is 12.1 Å². The van der Waals surface area contributed by atoms with Crippen molar-refractivity contribution in [3.8, 4) is 0 Å². The third-order valence-electron chi connectivity index (χ3n) is 4.00. The highest BCUT2D eigenvalue weighted by Gasteiger charge is 2.52. The molecule has 108 valence electrons. The van der Waals surface area contributed by atoms with Crippen molar-refractivity contribution in [1.82, 2.24) is 0 Å². The third kappa shape index (κ3) is 1.84. The molecule has 0 unspecified atom stereocenters. The van der Waals surface area contributed by atoms with Crippen LogP contribution in [0.2, 0.25) is 0 Å². The Hall–Kier alpha value is -1.47. The number of carboxylic acid groups (broad SMARTS) is 1. The molecule has 0 aromatic heterocycles. The van der Waals surface area contributed by atoms with Crippen LogP contribution in [-0.4, -0.2) is 38.0 Å². The van der Waals surface area contributed by atoms with Crippen molar-refractivity contribution in [1.29, 1.82) is 0 Å². The van der Waals surface area contributed by atoms with Crippen molar-refractivity contribution in [2.45, 2.75) is 28.4 Å². The minimum absolute atomic E-state index is 0.0720. The van der Waals surface area contributed by atoms with E-state index in [1.54, 1.807) is 0 Å². The Labute approximate surface area is 115 Å². The monoisotopic (exact) mass is 300 g/mol. The molecule has 0 radical (unpaired) electrons. The number of hydrogen-bond donors (Lipinski definition) is 1. The second kappa shape index (κ2) is 4.26. The van der Waals surface area contributed by atoms with Crippen LogP contribution in [0.25, 0.3) is 0 Å². The number of ether oxygens (including phenoxy) is 1. The maximum atomic E-state index is 14.1. The molecule has 1 aliphatic heterocycles. The fourth-order valence-corrected chi connectivity index (χ4v) is 3.85. The average Bonchev–Trinajstić information content (AvgIpc) is 3.05. The highest BCUT2D eigenvalue weighted by molar-refractivity contribution is 7.92. The topological polar surface area (TPSA) is 80.7 Å². The number of hydrogen-bond acceptors (Lipinski definition) is 4. The molecule has 1 aromatic carbocycles. The van der Waals surface area contributed by atoms with E-state index in [9.17, 15) is 17.6 Å². The largest absolute Gasteiger partial charge is 0.481 e. The minimum atomic E-state index is -3.74. The first kappa shape index (κ1) is 13.5. The molecule has 2 aliphatic rings. The molecule has 0 amide bonds. The van der Waals surface area contributed by atoms with Crippen molar-refractivity contribution in [3.63, 3.8) is 0 Å². The Morgan fingerprint density at radius 2 is 2.00 bits per heavy atom.